The van der Waals surface area contributed by atoms with Crippen LogP contribution in [0.2, 0.25) is 5.15 Å². The summed E-state index contributed by atoms with van der Waals surface area (Å²) in [6.07, 6.45) is 0. The molecule has 1 aromatic carbocycles. The Morgan fingerprint density at radius 3 is 2.87 bits per heavy atom. The number of halogens is 1. The fourth-order valence-electron chi connectivity index (χ4n) is 1.54. The third-order valence-corrected chi connectivity index (χ3v) is 2.47. The summed E-state index contributed by atoms with van der Waals surface area (Å²) in [6, 6.07) is 5.14. The minimum Gasteiger partial charge on any atom is -0.495 e. The standard InChI is InChI=1S/C10H8ClNO3/c1-15-6-4-2-3-5-7(10(13)14)9(11)12-8(5)6/h2-4,12H,1H3,(H,13,14). The number of carbonyl (C=O) groups is 1. The molecular formula is C10H8ClNO3. The Morgan fingerprint density at radius 1 is 1.53 bits per heavy atom. The van der Waals surface area contributed by atoms with Crippen LogP contribution in [0.4, 0.5) is 0 Å². The maximum Gasteiger partial charge on any atom is 0.339 e. The van der Waals surface area contributed by atoms with Gasteiger partial charge in [0.05, 0.1) is 12.6 Å². The number of fused-ring (bicyclic) bond motifs is 1. The van der Waals surface area contributed by atoms with Gasteiger partial charge in [-0.3, -0.25) is 0 Å². The molecule has 2 rings (SSSR count). The van der Waals surface area contributed by atoms with Crippen LogP contribution in [0.25, 0.3) is 10.9 Å². The van der Waals surface area contributed by atoms with Gasteiger partial charge in [0.25, 0.3) is 0 Å². The average molecular weight is 226 g/mol. The first-order valence-corrected chi connectivity index (χ1v) is 4.60. The van der Waals surface area contributed by atoms with Gasteiger partial charge in [-0.15, -0.1) is 0 Å². The molecule has 1 aromatic heterocycles. The maximum atomic E-state index is 11.0. The van der Waals surface area contributed by atoms with Crippen LogP contribution in [0, 0.1) is 0 Å². The van der Waals surface area contributed by atoms with Crippen molar-refractivity contribution in [1.29, 1.82) is 0 Å². The van der Waals surface area contributed by atoms with E-state index in [1.54, 1.807) is 18.2 Å². The van der Waals surface area contributed by atoms with E-state index in [-0.39, 0.29) is 10.7 Å². The van der Waals surface area contributed by atoms with Gasteiger partial charge < -0.3 is 14.8 Å². The molecule has 0 unspecified atom stereocenters. The van der Waals surface area contributed by atoms with Crippen LogP contribution in [-0.4, -0.2) is 23.2 Å². The molecule has 0 aliphatic carbocycles. The van der Waals surface area contributed by atoms with E-state index in [1.165, 1.54) is 7.11 Å². The highest BCUT2D eigenvalue weighted by Gasteiger charge is 2.18. The highest BCUT2D eigenvalue weighted by molar-refractivity contribution is 6.35. The summed E-state index contributed by atoms with van der Waals surface area (Å²) in [4.78, 5) is 13.7. The Kier molecular flexibility index (Phi) is 2.28. The molecule has 0 saturated heterocycles. The van der Waals surface area contributed by atoms with Gasteiger partial charge in [0.1, 0.15) is 16.5 Å². The molecule has 0 atom stereocenters. The molecule has 0 amide bonds. The first-order valence-electron chi connectivity index (χ1n) is 4.22. The number of H-pyrrole nitrogens is 1. The Labute approximate surface area is 90.4 Å². The van der Waals surface area contributed by atoms with Crippen molar-refractivity contribution in [3.63, 3.8) is 0 Å². The number of hydrogen-bond donors (Lipinski definition) is 2. The quantitative estimate of drug-likeness (QED) is 0.826. The highest BCUT2D eigenvalue weighted by Crippen LogP contribution is 2.31. The van der Waals surface area contributed by atoms with Crippen LogP contribution in [0.5, 0.6) is 5.75 Å². The second kappa shape index (κ2) is 3.47. The Hall–Kier alpha value is -1.68. The van der Waals surface area contributed by atoms with Crippen molar-refractivity contribution >= 4 is 28.5 Å². The lowest BCUT2D eigenvalue weighted by Gasteiger charge is -2.00. The van der Waals surface area contributed by atoms with Crippen LogP contribution in [-0.2, 0) is 0 Å². The molecule has 4 nitrogen and oxygen atoms in total. The van der Waals surface area contributed by atoms with E-state index in [1.807, 2.05) is 0 Å². The predicted octanol–water partition coefficient (Wildman–Crippen LogP) is 2.53. The van der Waals surface area contributed by atoms with E-state index >= 15 is 0 Å². The third-order valence-electron chi connectivity index (χ3n) is 2.18. The summed E-state index contributed by atoms with van der Waals surface area (Å²) in [5, 5.41) is 9.63. The monoisotopic (exact) mass is 225 g/mol. The average Bonchev–Trinajstić information content (AvgIpc) is 2.53. The number of aromatic nitrogens is 1. The van der Waals surface area contributed by atoms with Crippen LogP contribution in [0.1, 0.15) is 10.4 Å². The summed E-state index contributed by atoms with van der Waals surface area (Å²) in [5.74, 6) is -0.485. The van der Waals surface area contributed by atoms with E-state index < -0.39 is 5.97 Å². The van der Waals surface area contributed by atoms with Gasteiger partial charge in [-0.05, 0) is 6.07 Å². The van der Waals surface area contributed by atoms with Crippen LogP contribution >= 0.6 is 11.6 Å². The normalized spacial score (nSPS) is 10.5. The molecule has 0 saturated carbocycles. The first kappa shape index (κ1) is 9.86. The maximum absolute atomic E-state index is 11.0. The summed E-state index contributed by atoms with van der Waals surface area (Å²) in [7, 11) is 1.52. The summed E-state index contributed by atoms with van der Waals surface area (Å²) in [6.45, 7) is 0. The van der Waals surface area contributed by atoms with E-state index in [4.69, 9.17) is 21.4 Å². The fraction of sp³-hybridized carbons (Fsp3) is 0.100. The molecule has 2 N–H and O–H groups in total. The van der Waals surface area contributed by atoms with Gasteiger partial charge in [-0.2, -0.15) is 0 Å². The van der Waals surface area contributed by atoms with Gasteiger partial charge in [-0.1, -0.05) is 23.7 Å². The number of rotatable bonds is 2. The minimum absolute atomic E-state index is 0.0746. The van der Waals surface area contributed by atoms with E-state index in [9.17, 15) is 4.79 Å². The van der Waals surface area contributed by atoms with Crippen molar-refractivity contribution in [1.82, 2.24) is 4.98 Å². The van der Waals surface area contributed by atoms with Gasteiger partial charge in [0.2, 0.25) is 0 Å². The molecule has 1 heterocycles. The van der Waals surface area contributed by atoms with E-state index in [0.717, 1.165) is 0 Å². The van der Waals surface area contributed by atoms with Crippen molar-refractivity contribution in [2.45, 2.75) is 0 Å². The number of carboxylic acid groups (broad SMARTS) is 1. The molecule has 0 spiro atoms. The molecule has 0 aliphatic heterocycles. The number of ether oxygens (including phenoxy) is 1. The van der Waals surface area contributed by atoms with E-state index in [2.05, 4.69) is 4.98 Å². The number of hydrogen-bond acceptors (Lipinski definition) is 2. The SMILES string of the molecule is COc1cccc2c(C(=O)O)c(Cl)[nH]c12. The van der Waals surface area contributed by atoms with Gasteiger partial charge in [0, 0.05) is 5.39 Å². The van der Waals surface area contributed by atoms with E-state index in [0.29, 0.717) is 16.7 Å². The van der Waals surface area contributed by atoms with Crippen molar-refractivity contribution in [3.05, 3.63) is 28.9 Å². The lowest BCUT2D eigenvalue weighted by atomic mass is 10.1. The molecule has 2 aromatic rings. The molecule has 0 fully saturated rings. The summed E-state index contributed by atoms with van der Waals surface area (Å²) in [5.41, 5.74) is 0.674. The molecule has 0 radical (unpaired) electrons. The number of aromatic carboxylic acids is 1. The van der Waals surface area contributed by atoms with Crippen LogP contribution in [0.3, 0.4) is 0 Å². The largest absolute Gasteiger partial charge is 0.495 e. The minimum atomic E-state index is -1.06. The lowest BCUT2D eigenvalue weighted by Crippen LogP contribution is -1.95. The van der Waals surface area contributed by atoms with Crippen molar-refractivity contribution in [3.8, 4) is 5.75 Å². The molecule has 0 aliphatic rings. The number of aromatic amines is 1. The summed E-state index contributed by atoms with van der Waals surface area (Å²) >= 11 is 5.80. The molecule has 15 heavy (non-hydrogen) atoms. The van der Waals surface area contributed by atoms with Crippen molar-refractivity contribution in [2.75, 3.05) is 7.11 Å². The number of nitrogens with one attached hydrogen (secondary N) is 1. The second-order valence-corrected chi connectivity index (χ2v) is 3.38. The van der Waals surface area contributed by atoms with Crippen LogP contribution in [0.15, 0.2) is 18.2 Å². The zero-order valence-corrected chi connectivity index (χ0v) is 8.63. The highest BCUT2D eigenvalue weighted by atomic mass is 35.5. The fourth-order valence-corrected chi connectivity index (χ4v) is 1.82. The molecular weight excluding hydrogens is 218 g/mol. The Morgan fingerprint density at radius 2 is 2.27 bits per heavy atom. The van der Waals surface area contributed by atoms with Gasteiger partial charge in [-0.25, -0.2) is 4.79 Å². The molecule has 0 bridgehead atoms. The van der Waals surface area contributed by atoms with Crippen LogP contribution < -0.4 is 4.74 Å². The Bertz CT molecular complexity index is 533. The number of benzene rings is 1. The Balaban J connectivity index is 2.84. The third kappa shape index (κ3) is 1.43. The number of methoxy groups -OCH3 is 1. The molecule has 5 heteroatoms. The van der Waals surface area contributed by atoms with Gasteiger partial charge in [0.15, 0.2) is 0 Å². The number of carboxylic acids is 1. The first-order chi connectivity index (χ1) is 7.15. The van der Waals surface area contributed by atoms with Crippen molar-refractivity contribution < 1.29 is 14.6 Å². The lowest BCUT2D eigenvalue weighted by molar-refractivity contribution is 0.0699. The number of para-hydroxylation sites is 1. The van der Waals surface area contributed by atoms with Crippen molar-refractivity contribution in [2.24, 2.45) is 0 Å². The summed E-state index contributed by atoms with van der Waals surface area (Å²) < 4.78 is 5.09. The van der Waals surface area contributed by atoms with Gasteiger partial charge >= 0.3 is 5.97 Å². The molecule has 78 valence electrons. The smallest absolute Gasteiger partial charge is 0.339 e. The second-order valence-electron chi connectivity index (χ2n) is 3.00. The zero-order chi connectivity index (χ0) is 11.0. The topological polar surface area (TPSA) is 62.3 Å². The zero-order valence-electron chi connectivity index (χ0n) is 7.87. The predicted molar refractivity (Wildman–Crippen MR) is 56.8 cm³/mol.